The van der Waals surface area contributed by atoms with Crippen molar-refractivity contribution in [2.75, 3.05) is 5.32 Å². The van der Waals surface area contributed by atoms with E-state index in [9.17, 15) is 4.79 Å². The number of amides is 1. The van der Waals surface area contributed by atoms with E-state index in [4.69, 9.17) is 11.6 Å². The fourth-order valence-electron chi connectivity index (χ4n) is 1.48. The van der Waals surface area contributed by atoms with Crippen molar-refractivity contribution in [2.24, 2.45) is 7.05 Å². The summed E-state index contributed by atoms with van der Waals surface area (Å²) in [6, 6.07) is 0. The smallest absolute Gasteiger partial charge is 0.246 e. The topological polar surface area (TPSA) is 64.7 Å². The zero-order valence-corrected chi connectivity index (χ0v) is 10.3. The number of nitrogens with zero attached hydrogens (tertiary/aromatic N) is 4. The molecule has 0 bridgehead atoms. The largest absolute Gasteiger partial charge is 0.322 e. The maximum absolute atomic E-state index is 11.7. The van der Waals surface area contributed by atoms with Crippen LogP contribution < -0.4 is 5.32 Å². The van der Waals surface area contributed by atoms with Crippen LogP contribution in [0.5, 0.6) is 0 Å². The zero-order valence-electron chi connectivity index (χ0n) is 9.51. The molecule has 2 aromatic rings. The van der Waals surface area contributed by atoms with Crippen molar-refractivity contribution in [1.29, 1.82) is 0 Å². The molecule has 0 unspecified atom stereocenters. The number of carbonyl (C=O) groups excluding carboxylic acids is 1. The lowest BCUT2D eigenvalue weighted by Crippen LogP contribution is -2.19. The van der Waals surface area contributed by atoms with E-state index in [1.54, 1.807) is 24.1 Å². The van der Waals surface area contributed by atoms with Gasteiger partial charge in [-0.25, -0.2) is 0 Å². The van der Waals surface area contributed by atoms with Gasteiger partial charge in [-0.2, -0.15) is 10.2 Å². The van der Waals surface area contributed by atoms with Crippen LogP contribution in [0.4, 0.5) is 5.69 Å². The molecule has 0 aliphatic rings. The average molecular weight is 254 g/mol. The summed E-state index contributed by atoms with van der Waals surface area (Å²) < 4.78 is 3.12. The fourth-order valence-corrected chi connectivity index (χ4v) is 1.64. The number of halogens is 1. The second-order valence-corrected chi connectivity index (χ2v) is 4.14. The Morgan fingerprint density at radius 3 is 2.82 bits per heavy atom. The van der Waals surface area contributed by atoms with E-state index in [2.05, 4.69) is 15.5 Å². The monoisotopic (exact) mass is 253 g/mol. The number of aryl methyl sites for hydroxylation is 2. The van der Waals surface area contributed by atoms with Gasteiger partial charge in [0, 0.05) is 19.4 Å². The van der Waals surface area contributed by atoms with Crippen LogP contribution in [0.3, 0.4) is 0 Å². The summed E-state index contributed by atoms with van der Waals surface area (Å²) in [5, 5.41) is 11.3. The number of carbonyl (C=O) groups is 1. The Kier molecular flexibility index (Phi) is 3.14. The van der Waals surface area contributed by atoms with E-state index in [-0.39, 0.29) is 12.5 Å². The lowest BCUT2D eigenvalue weighted by Gasteiger charge is -2.03. The van der Waals surface area contributed by atoms with Crippen LogP contribution in [0, 0.1) is 6.92 Å². The highest BCUT2D eigenvalue weighted by molar-refractivity contribution is 6.30. The highest BCUT2D eigenvalue weighted by Crippen LogP contribution is 2.11. The van der Waals surface area contributed by atoms with E-state index in [0.29, 0.717) is 10.7 Å². The van der Waals surface area contributed by atoms with Gasteiger partial charge in [-0.3, -0.25) is 14.2 Å². The minimum Gasteiger partial charge on any atom is -0.322 e. The lowest BCUT2D eigenvalue weighted by molar-refractivity contribution is -0.116. The molecule has 0 saturated heterocycles. The van der Waals surface area contributed by atoms with Gasteiger partial charge in [-0.1, -0.05) is 11.6 Å². The second-order valence-electron chi connectivity index (χ2n) is 3.71. The van der Waals surface area contributed by atoms with Crippen molar-refractivity contribution in [3.63, 3.8) is 0 Å². The highest BCUT2D eigenvalue weighted by Gasteiger charge is 2.08. The molecular formula is C10H12ClN5O. The summed E-state index contributed by atoms with van der Waals surface area (Å²) >= 11 is 5.70. The van der Waals surface area contributed by atoms with Crippen LogP contribution in [0.15, 0.2) is 18.6 Å². The third kappa shape index (κ3) is 2.85. The molecule has 90 valence electrons. The first-order valence-corrected chi connectivity index (χ1v) is 5.40. The van der Waals surface area contributed by atoms with Crippen LogP contribution in [0.25, 0.3) is 0 Å². The maximum Gasteiger partial charge on any atom is 0.246 e. The quantitative estimate of drug-likeness (QED) is 0.894. The summed E-state index contributed by atoms with van der Waals surface area (Å²) in [6.07, 6.45) is 4.84. The van der Waals surface area contributed by atoms with Crippen LogP contribution >= 0.6 is 11.6 Å². The molecule has 0 radical (unpaired) electrons. The molecule has 0 saturated carbocycles. The van der Waals surface area contributed by atoms with Crippen molar-refractivity contribution in [3.05, 3.63) is 29.3 Å². The number of hydrogen-bond acceptors (Lipinski definition) is 3. The van der Waals surface area contributed by atoms with E-state index in [1.165, 1.54) is 10.9 Å². The predicted octanol–water partition coefficient (Wildman–Crippen LogP) is 1.22. The molecule has 6 nitrogen and oxygen atoms in total. The fraction of sp³-hybridized carbons (Fsp3) is 0.300. The van der Waals surface area contributed by atoms with Crippen LogP contribution in [0.2, 0.25) is 5.02 Å². The van der Waals surface area contributed by atoms with Gasteiger partial charge >= 0.3 is 0 Å². The Labute approximate surface area is 103 Å². The average Bonchev–Trinajstić information content (AvgIpc) is 2.74. The summed E-state index contributed by atoms with van der Waals surface area (Å²) in [7, 11) is 1.80. The second kappa shape index (κ2) is 4.58. The summed E-state index contributed by atoms with van der Waals surface area (Å²) in [6.45, 7) is 1.96. The SMILES string of the molecule is Cc1nn(C)cc1NC(=O)Cn1cc(Cl)cn1. The van der Waals surface area contributed by atoms with E-state index < -0.39 is 0 Å². The highest BCUT2D eigenvalue weighted by atomic mass is 35.5. The predicted molar refractivity (Wildman–Crippen MR) is 63.8 cm³/mol. The minimum atomic E-state index is -0.166. The van der Waals surface area contributed by atoms with Crippen molar-refractivity contribution < 1.29 is 4.79 Å². The van der Waals surface area contributed by atoms with Gasteiger partial charge in [-0.05, 0) is 6.92 Å². The number of aromatic nitrogens is 4. The van der Waals surface area contributed by atoms with Gasteiger partial charge in [0.25, 0.3) is 0 Å². The molecule has 0 aliphatic heterocycles. The van der Waals surface area contributed by atoms with Gasteiger partial charge in [0.15, 0.2) is 0 Å². The van der Waals surface area contributed by atoms with Gasteiger partial charge in [0.05, 0.1) is 22.6 Å². The summed E-state index contributed by atoms with van der Waals surface area (Å²) in [4.78, 5) is 11.7. The van der Waals surface area contributed by atoms with Crippen molar-refractivity contribution in [1.82, 2.24) is 19.6 Å². The van der Waals surface area contributed by atoms with Gasteiger partial charge in [-0.15, -0.1) is 0 Å². The molecule has 0 fully saturated rings. The first-order valence-electron chi connectivity index (χ1n) is 5.02. The molecule has 1 amide bonds. The van der Waals surface area contributed by atoms with Gasteiger partial charge in [0.2, 0.25) is 5.91 Å². The molecule has 1 N–H and O–H groups in total. The Morgan fingerprint density at radius 1 is 1.53 bits per heavy atom. The van der Waals surface area contributed by atoms with E-state index in [0.717, 1.165) is 5.69 Å². The third-order valence-corrected chi connectivity index (χ3v) is 2.39. The first-order chi connectivity index (χ1) is 8.04. The van der Waals surface area contributed by atoms with Crippen LogP contribution in [-0.2, 0) is 18.4 Å². The zero-order chi connectivity index (χ0) is 12.4. The standard InChI is InChI=1S/C10H12ClN5O/c1-7-9(5-15(2)14-7)13-10(17)6-16-4-8(11)3-12-16/h3-5H,6H2,1-2H3,(H,13,17). The Bertz CT molecular complexity index is 545. The molecule has 0 aliphatic carbocycles. The Hall–Kier alpha value is -1.82. The van der Waals surface area contributed by atoms with Crippen molar-refractivity contribution in [2.45, 2.75) is 13.5 Å². The van der Waals surface area contributed by atoms with E-state index >= 15 is 0 Å². The first kappa shape index (κ1) is 11.7. The normalized spacial score (nSPS) is 10.5. The molecule has 0 spiro atoms. The molecule has 0 aromatic carbocycles. The third-order valence-electron chi connectivity index (χ3n) is 2.19. The molecule has 7 heteroatoms. The molecule has 2 aromatic heterocycles. The van der Waals surface area contributed by atoms with Crippen molar-refractivity contribution in [3.8, 4) is 0 Å². The number of anilines is 1. The van der Waals surface area contributed by atoms with Crippen LogP contribution in [0.1, 0.15) is 5.69 Å². The molecular weight excluding hydrogens is 242 g/mol. The summed E-state index contributed by atoms with van der Waals surface area (Å²) in [5.41, 5.74) is 1.48. The maximum atomic E-state index is 11.7. The lowest BCUT2D eigenvalue weighted by atomic mass is 10.4. The Balaban J connectivity index is 2.00. The number of rotatable bonds is 3. The van der Waals surface area contributed by atoms with E-state index in [1.807, 2.05) is 6.92 Å². The summed E-state index contributed by atoms with van der Waals surface area (Å²) in [5.74, 6) is -0.166. The molecule has 17 heavy (non-hydrogen) atoms. The number of hydrogen-bond donors (Lipinski definition) is 1. The van der Waals surface area contributed by atoms with Crippen molar-refractivity contribution >= 4 is 23.2 Å². The van der Waals surface area contributed by atoms with Gasteiger partial charge in [0.1, 0.15) is 6.54 Å². The van der Waals surface area contributed by atoms with Crippen LogP contribution in [-0.4, -0.2) is 25.5 Å². The minimum absolute atomic E-state index is 0.126. The molecule has 2 heterocycles. The Morgan fingerprint density at radius 2 is 2.29 bits per heavy atom. The molecule has 2 rings (SSSR count). The molecule has 0 atom stereocenters. The van der Waals surface area contributed by atoms with Gasteiger partial charge < -0.3 is 5.32 Å². The number of nitrogens with one attached hydrogen (secondary N) is 1.